The summed E-state index contributed by atoms with van der Waals surface area (Å²) in [6.07, 6.45) is 5.32. The summed E-state index contributed by atoms with van der Waals surface area (Å²) in [6, 6.07) is 8.19. The van der Waals surface area contributed by atoms with Gasteiger partial charge in [-0.05, 0) is 6.07 Å². The quantitative estimate of drug-likeness (QED) is 0.341. The summed E-state index contributed by atoms with van der Waals surface area (Å²) in [5, 5.41) is 13.1. The van der Waals surface area contributed by atoms with Crippen molar-refractivity contribution < 1.29 is 4.74 Å². The zero-order valence-corrected chi connectivity index (χ0v) is 13.3. The lowest BCUT2D eigenvalue weighted by atomic mass is 10.1. The molecule has 0 unspecified atom stereocenters. The van der Waals surface area contributed by atoms with Gasteiger partial charge in [0.2, 0.25) is 6.21 Å². The van der Waals surface area contributed by atoms with Gasteiger partial charge in [-0.25, -0.2) is 9.72 Å². The molecule has 0 aliphatic heterocycles. The summed E-state index contributed by atoms with van der Waals surface area (Å²) in [5.41, 5.74) is 2.34. The maximum Gasteiger partial charge on any atom is 0.202 e. The van der Waals surface area contributed by atoms with E-state index in [2.05, 4.69) is 26.7 Å². The van der Waals surface area contributed by atoms with Crippen LogP contribution in [0, 0.1) is 5.21 Å². The monoisotopic (exact) mass is 296 g/mol. The van der Waals surface area contributed by atoms with E-state index in [1.54, 1.807) is 6.20 Å². The Morgan fingerprint density at radius 3 is 2.73 bits per heavy atom. The molecule has 1 N–H and O–H groups in total. The summed E-state index contributed by atoms with van der Waals surface area (Å²) in [4.78, 5) is 7.69. The van der Waals surface area contributed by atoms with Crippen LogP contribution < -0.4 is 0 Å². The van der Waals surface area contributed by atoms with Crippen molar-refractivity contribution in [3.63, 3.8) is 0 Å². The first kappa shape index (κ1) is 14.4. The van der Waals surface area contributed by atoms with Crippen molar-refractivity contribution in [2.75, 3.05) is 0 Å². The van der Waals surface area contributed by atoms with Crippen molar-refractivity contribution in [1.29, 1.82) is 0 Å². The number of para-hydroxylation sites is 1. The molecule has 22 heavy (non-hydrogen) atoms. The van der Waals surface area contributed by atoms with Crippen LogP contribution in [-0.4, -0.2) is 31.0 Å². The maximum atomic E-state index is 12.0. The van der Waals surface area contributed by atoms with Crippen molar-refractivity contribution >= 4 is 17.1 Å². The van der Waals surface area contributed by atoms with Crippen molar-refractivity contribution in [1.82, 2.24) is 14.5 Å². The molecule has 0 bridgehead atoms. The van der Waals surface area contributed by atoms with Crippen LogP contribution in [0.5, 0.6) is 0 Å². The largest absolute Gasteiger partial charge is 0.623 e. The van der Waals surface area contributed by atoms with Crippen LogP contribution >= 0.6 is 0 Å². The van der Waals surface area contributed by atoms with E-state index in [0.717, 1.165) is 27.0 Å². The molecule has 3 rings (SSSR count). The number of aromatic amines is 1. The number of aryl methyl sites for hydroxylation is 1. The average Bonchev–Trinajstić information content (AvgIpc) is 3.03. The molecule has 0 saturated heterocycles. The van der Waals surface area contributed by atoms with Gasteiger partial charge in [-0.3, -0.25) is 0 Å². The Balaban J connectivity index is 2.04. The average molecular weight is 296 g/mol. The highest BCUT2D eigenvalue weighted by atomic mass is 16.5. The van der Waals surface area contributed by atoms with Crippen LogP contribution in [-0.2, 0) is 7.05 Å². The highest BCUT2D eigenvalue weighted by molar-refractivity contribution is 5.94. The van der Waals surface area contributed by atoms with E-state index in [1.807, 2.05) is 46.1 Å². The predicted octanol–water partition coefficient (Wildman–Crippen LogP) is 3.30. The van der Waals surface area contributed by atoms with E-state index in [1.165, 1.54) is 6.21 Å². The van der Waals surface area contributed by atoms with Gasteiger partial charge in [0.15, 0.2) is 5.54 Å². The molecule has 1 aromatic carbocycles. The summed E-state index contributed by atoms with van der Waals surface area (Å²) < 4.78 is 3.00. The number of aromatic nitrogens is 3. The number of nitrogens with one attached hydrogen (secondary N) is 1. The first-order valence-electron chi connectivity index (χ1n) is 7.27. The van der Waals surface area contributed by atoms with Crippen LogP contribution in [0.4, 0.5) is 0 Å². The third kappa shape index (κ3) is 2.50. The first-order valence-corrected chi connectivity index (χ1v) is 7.27. The lowest BCUT2D eigenvalue weighted by Crippen LogP contribution is -2.29. The Kier molecular flexibility index (Phi) is 3.28. The van der Waals surface area contributed by atoms with Crippen LogP contribution in [0.25, 0.3) is 22.3 Å². The maximum absolute atomic E-state index is 12.0. The molecule has 0 radical (unpaired) electrons. The predicted molar refractivity (Wildman–Crippen MR) is 89.0 cm³/mol. The molecule has 114 valence electrons. The number of H-pyrrole nitrogens is 1. The Hall–Kier alpha value is -2.56. The van der Waals surface area contributed by atoms with Crippen molar-refractivity contribution in [3.05, 3.63) is 47.6 Å². The first-order chi connectivity index (χ1) is 10.4. The van der Waals surface area contributed by atoms with E-state index in [4.69, 9.17) is 0 Å². The Morgan fingerprint density at radius 2 is 2.00 bits per heavy atom. The second-order valence-corrected chi connectivity index (χ2v) is 6.47. The second kappa shape index (κ2) is 5.02. The van der Waals surface area contributed by atoms with Gasteiger partial charge in [-0.15, -0.1) is 0 Å². The van der Waals surface area contributed by atoms with Gasteiger partial charge in [0, 0.05) is 56.7 Å². The highest BCUT2D eigenvalue weighted by Gasteiger charge is 2.19. The molecule has 0 aliphatic rings. The molecular formula is C17H20N4O. The van der Waals surface area contributed by atoms with Gasteiger partial charge in [0.25, 0.3) is 0 Å². The van der Waals surface area contributed by atoms with Gasteiger partial charge < -0.3 is 14.8 Å². The SMILES string of the molecule is Cn1cc(-c2nc(/C=[N+](\[O-])C(C)(C)C)c[nH]2)c2ccccc21. The van der Waals surface area contributed by atoms with Crippen LogP contribution in [0.15, 0.2) is 36.7 Å². The van der Waals surface area contributed by atoms with Crippen LogP contribution in [0.2, 0.25) is 0 Å². The van der Waals surface area contributed by atoms with Gasteiger partial charge in [0.05, 0.1) is 0 Å². The van der Waals surface area contributed by atoms with E-state index < -0.39 is 5.54 Å². The molecule has 0 amide bonds. The number of hydrogen-bond acceptors (Lipinski definition) is 2. The summed E-state index contributed by atoms with van der Waals surface area (Å²) >= 11 is 0. The van der Waals surface area contributed by atoms with Gasteiger partial charge in [0.1, 0.15) is 11.5 Å². The molecule has 3 aromatic rings. The topological polar surface area (TPSA) is 59.7 Å². The normalized spacial score (nSPS) is 13.0. The fourth-order valence-electron chi connectivity index (χ4n) is 2.38. The van der Waals surface area contributed by atoms with Gasteiger partial charge in [-0.1, -0.05) is 18.2 Å². The van der Waals surface area contributed by atoms with E-state index >= 15 is 0 Å². The molecule has 0 atom stereocenters. The molecule has 2 aromatic heterocycles. The number of hydrogen-bond donors (Lipinski definition) is 1. The lowest BCUT2D eigenvalue weighted by Gasteiger charge is -2.17. The van der Waals surface area contributed by atoms with Crippen molar-refractivity contribution in [2.24, 2.45) is 7.05 Å². The van der Waals surface area contributed by atoms with Crippen LogP contribution in [0.3, 0.4) is 0 Å². The number of nitrogens with zero attached hydrogens (tertiary/aromatic N) is 3. The zero-order chi connectivity index (χ0) is 15.9. The number of benzene rings is 1. The molecular weight excluding hydrogens is 276 g/mol. The molecule has 0 aliphatic carbocycles. The second-order valence-electron chi connectivity index (χ2n) is 6.47. The number of fused-ring (bicyclic) bond motifs is 1. The minimum atomic E-state index is -0.474. The lowest BCUT2D eigenvalue weighted by molar-refractivity contribution is -0.530. The summed E-state index contributed by atoms with van der Waals surface area (Å²) in [6.45, 7) is 5.61. The van der Waals surface area contributed by atoms with E-state index in [9.17, 15) is 5.21 Å². The summed E-state index contributed by atoms with van der Waals surface area (Å²) in [7, 11) is 2.01. The standard InChI is InChI=1S/C17H20N4O/c1-17(2,3)21(22)10-12-9-18-16(19-12)14-11-20(4)15-8-6-5-7-13(14)15/h5-11H,1-4H3,(H,18,19)/b21-10-. The van der Waals surface area contributed by atoms with E-state index in [0.29, 0.717) is 5.69 Å². The molecule has 5 heteroatoms. The minimum absolute atomic E-state index is 0.474. The number of imidazole rings is 1. The van der Waals surface area contributed by atoms with Crippen molar-refractivity contribution in [2.45, 2.75) is 26.3 Å². The Bertz CT molecular complexity index is 849. The zero-order valence-electron chi connectivity index (χ0n) is 13.3. The number of rotatable bonds is 2. The summed E-state index contributed by atoms with van der Waals surface area (Å²) in [5.74, 6) is 0.769. The van der Waals surface area contributed by atoms with Gasteiger partial charge in [-0.2, -0.15) is 0 Å². The fraction of sp³-hybridized carbons (Fsp3) is 0.294. The number of hydroxylamine groups is 1. The Morgan fingerprint density at radius 1 is 1.27 bits per heavy atom. The van der Waals surface area contributed by atoms with E-state index in [-0.39, 0.29) is 0 Å². The molecule has 5 nitrogen and oxygen atoms in total. The van der Waals surface area contributed by atoms with Crippen LogP contribution in [0.1, 0.15) is 26.5 Å². The van der Waals surface area contributed by atoms with Crippen molar-refractivity contribution in [3.8, 4) is 11.4 Å². The molecule has 2 heterocycles. The molecule has 0 spiro atoms. The fourth-order valence-corrected chi connectivity index (χ4v) is 2.38. The Labute approximate surface area is 129 Å². The molecule has 0 fully saturated rings. The third-order valence-corrected chi connectivity index (χ3v) is 3.66. The van der Waals surface area contributed by atoms with Gasteiger partial charge >= 0.3 is 0 Å². The molecule has 0 saturated carbocycles. The third-order valence-electron chi connectivity index (χ3n) is 3.66. The highest BCUT2D eigenvalue weighted by Crippen LogP contribution is 2.27. The minimum Gasteiger partial charge on any atom is -0.623 e. The smallest absolute Gasteiger partial charge is 0.202 e.